The molecule has 1 aromatic carbocycles. The zero-order valence-corrected chi connectivity index (χ0v) is 17.0. The van der Waals surface area contributed by atoms with Gasteiger partial charge in [0.25, 0.3) is 0 Å². The first-order valence-electron chi connectivity index (χ1n) is 8.33. The normalized spacial score (nSPS) is 10.3. The molecule has 5 nitrogen and oxygen atoms in total. The molecule has 4 rings (SSSR count). The fourth-order valence-electron chi connectivity index (χ4n) is 2.56. The lowest BCUT2D eigenvalue weighted by atomic mass is 10.2. The summed E-state index contributed by atoms with van der Waals surface area (Å²) in [5.41, 5.74) is 1.53. The number of anilines is 1. The Bertz CT molecular complexity index is 1210. The van der Waals surface area contributed by atoms with Crippen LogP contribution in [0.5, 0.6) is 0 Å². The lowest BCUT2D eigenvalue weighted by molar-refractivity contribution is -0.116. The van der Waals surface area contributed by atoms with Gasteiger partial charge in [0.15, 0.2) is 10.6 Å². The Balaban J connectivity index is 1.49. The highest BCUT2D eigenvalue weighted by Gasteiger charge is 2.13. The van der Waals surface area contributed by atoms with Crippen LogP contribution in [0, 0.1) is 16.6 Å². The van der Waals surface area contributed by atoms with E-state index in [1.54, 1.807) is 27.2 Å². The third kappa shape index (κ3) is 4.28. The van der Waals surface area contributed by atoms with E-state index in [0.29, 0.717) is 16.3 Å². The van der Waals surface area contributed by atoms with Crippen LogP contribution in [0.1, 0.15) is 10.4 Å². The number of nitrogens with zero attached hydrogens (tertiary/aromatic N) is 2. The SMILES string of the molecule is O=C(Cn1c(-c2cccs2)n[nH]c1=S)Nc1cccc(C#Cc2cccs2)c1. The first-order valence-corrected chi connectivity index (χ1v) is 10.5. The molecular formula is C20H14N4OS3. The van der Waals surface area contributed by atoms with E-state index in [9.17, 15) is 4.79 Å². The molecule has 8 heteroatoms. The molecule has 0 fully saturated rings. The fourth-order valence-corrected chi connectivity index (χ4v) is 4.05. The number of rotatable bonds is 4. The summed E-state index contributed by atoms with van der Waals surface area (Å²) in [5.74, 6) is 6.71. The van der Waals surface area contributed by atoms with Crippen LogP contribution in [0.3, 0.4) is 0 Å². The Morgan fingerprint density at radius 2 is 2.00 bits per heavy atom. The van der Waals surface area contributed by atoms with Crippen molar-refractivity contribution in [2.45, 2.75) is 6.54 Å². The van der Waals surface area contributed by atoms with Crippen molar-refractivity contribution in [3.8, 4) is 22.5 Å². The van der Waals surface area contributed by atoms with E-state index >= 15 is 0 Å². The van der Waals surface area contributed by atoms with Gasteiger partial charge in [0.2, 0.25) is 5.91 Å². The first-order chi connectivity index (χ1) is 13.7. The summed E-state index contributed by atoms with van der Waals surface area (Å²) in [6, 6.07) is 15.3. The molecule has 28 heavy (non-hydrogen) atoms. The van der Waals surface area contributed by atoms with Crippen molar-refractivity contribution >= 4 is 46.5 Å². The molecule has 0 aliphatic carbocycles. The topological polar surface area (TPSA) is 62.7 Å². The van der Waals surface area contributed by atoms with Crippen LogP contribution in [0.15, 0.2) is 59.3 Å². The van der Waals surface area contributed by atoms with E-state index in [1.807, 2.05) is 59.3 Å². The molecule has 0 saturated carbocycles. The average Bonchev–Trinajstić information content (AvgIpc) is 3.44. The van der Waals surface area contributed by atoms with Gasteiger partial charge in [-0.15, -0.1) is 22.7 Å². The molecular weight excluding hydrogens is 408 g/mol. The third-order valence-corrected chi connectivity index (χ3v) is 5.76. The Kier molecular flexibility index (Phi) is 5.48. The van der Waals surface area contributed by atoms with E-state index in [4.69, 9.17) is 12.2 Å². The van der Waals surface area contributed by atoms with E-state index in [-0.39, 0.29) is 12.5 Å². The van der Waals surface area contributed by atoms with Crippen molar-refractivity contribution in [2.24, 2.45) is 0 Å². The predicted octanol–water partition coefficient (Wildman–Crippen LogP) is 4.77. The minimum atomic E-state index is -0.182. The van der Waals surface area contributed by atoms with Crippen molar-refractivity contribution in [2.75, 3.05) is 5.32 Å². The Morgan fingerprint density at radius 1 is 1.14 bits per heavy atom. The highest BCUT2D eigenvalue weighted by molar-refractivity contribution is 7.71. The molecule has 0 radical (unpaired) electrons. The fraction of sp³-hybridized carbons (Fsp3) is 0.0500. The second-order valence-corrected chi connectivity index (χ2v) is 8.05. The number of thiophene rings is 2. The van der Waals surface area contributed by atoms with Crippen LogP contribution in [-0.2, 0) is 11.3 Å². The second-order valence-electron chi connectivity index (χ2n) is 5.77. The summed E-state index contributed by atoms with van der Waals surface area (Å²) in [4.78, 5) is 14.5. The van der Waals surface area contributed by atoms with Gasteiger partial charge in [0, 0.05) is 11.3 Å². The minimum Gasteiger partial charge on any atom is -0.324 e. The number of H-pyrrole nitrogens is 1. The van der Waals surface area contributed by atoms with Crippen molar-refractivity contribution in [1.29, 1.82) is 0 Å². The van der Waals surface area contributed by atoms with Gasteiger partial charge in [-0.3, -0.25) is 14.5 Å². The number of hydrogen-bond acceptors (Lipinski definition) is 5. The van der Waals surface area contributed by atoms with E-state index in [1.165, 1.54) is 0 Å². The van der Waals surface area contributed by atoms with Crippen LogP contribution in [-0.4, -0.2) is 20.7 Å². The van der Waals surface area contributed by atoms with Gasteiger partial charge in [0.05, 0.1) is 9.75 Å². The molecule has 0 aliphatic rings. The van der Waals surface area contributed by atoms with Crippen molar-refractivity contribution in [3.05, 3.63) is 74.5 Å². The van der Waals surface area contributed by atoms with E-state index in [0.717, 1.165) is 15.3 Å². The lowest BCUT2D eigenvalue weighted by Gasteiger charge is -2.08. The van der Waals surface area contributed by atoms with Gasteiger partial charge in [-0.2, -0.15) is 5.10 Å². The van der Waals surface area contributed by atoms with E-state index < -0.39 is 0 Å². The molecule has 3 aromatic heterocycles. The summed E-state index contributed by atoms with van der Waals surface area (Å²) in [6.07, 6.45) is 0. The zero-order chi connectivity index (χ0) is 19.3. The molecule has 0 saturated heterocycles. The standard InChI is InChI=1S/C20H14N4OS3/c25-18(13-24-19(22-23-20(24)26)17-7-3-11-28-17)21-15-5-1-4-14(12-15)8-9-16-6-2-10-27-16/h1-7,10-12H,13H2,(H,21,25)(H,23,26). The number of aromatic nitrogens is 3. The molecule has 0 spiro atoms. The number of carbonyl (C=O) groups excluding carboxylic acids is 1. The van der Waals surface area contributed by atoms with Gasteiger partial charge >= 0.3 is 0 Å². The lowest BCUT2D eigenvalue weighted by Crippen LogP contribution is -2.19. The molecule has 138 valence electrons. The molecule has 1 amide bonds. The van der Waals surface area contributed by atoms with Crippen molar-refractivity contribution in [3.63, 3.8) is 0 Å². The maximum Gasteiger partial charge on any atom is 0.244 e. The number of benzene rings is 1. The third-order valence-electron chi connectivity index (χ3n) is 3.80. The summed E-state index contributed by atoms with van der Waals surface area (Å²) >= 11 is 8.42. The number of nitrogens with one attached hydrogen (secondary N) is 2. The average molecular weight is 423 g/mol. The maximum atomic E-state index is 12.6. The Labute approximate surface area is 174 Å². The van der Waals surface area contributed by atoms with Crippen LogP contribution in [0.2, 0.25) is 0 Å². The van der Waals surface area contributed by atoms with Gasteiger partial charge in [-0.1, -0.05) is 30.0 Å². The molecule has 0 atom stereocenters. The molecule has 3 heterocycles. The smallest absolute Gasteiger partial charge is 0.244 e. The number of aromatic amines is 1. The summed E-state index contributed by atoms with van der Waals surface area (Å²) < 4.78 is 2.10. The molecule has 4 aromatic rings. The van der Waals surface area contributed by atoms with Crippen molar-refractivity contribution in [1.82, 2.24) is 14.8 Å². The highest BCUT2D eigenvalue weighted by atomic mass is 32.1. The van der Waals surface area contributed by atoms with Gasteiger partial charge in [0.1, 0.15) is 6.54 Å². The maximum absolute atomic E-state index is 12.6. The zero-order valence-electron chi connectivity index (χ0n) is 14.5. The number of hydrogen-bond donors (Lipinski definition) is 2. The minimum absolute atomic E-state index is 0.0771. The predicted molar refractivity (Wildman–Crippen MR) is 116 cm³/mol. The molecule has 0 aliphatic heterocycles. The summed E-state index contributed by atoms with van der Waals surface area (Å²) in [6.45, 7) is 0.0771. The Morgan fingerprint density at radius 3 is 2.79 bits per heavy atom. The number of amides is 1. The van der Waals surface area contributed by atoms with Gasteiger partial charge in [-0.25, -0.2) is 0 Å². The summed E-state index contributed by atoms with van der Waals surface area (Å²) in [7, 11) is 0. The van der Waals surface area contributed by atoms with Crippen LogP contribution >= 0.6 is 34.9 Å². The quantitative estimate of drug-likeness (QED) is 0.368. The largest absolute Gasteiger partial charge is 0.324 e. The summed E-state index contributed by atoms with van der Waals surface area (Å²) in [5, 5.41) is 13.9. The van der Waals surface area contributed by atoms with Crippen LogP contribution < -0.4 is 5.32 Å². The van der Waals surface area contributed by atoms with Gasteiger partial charge in [-0.05, 0) is 53.3 Å². The first kappa shape index (κ1) is 18.4. The second kappa shape index (κ2) is 8.35. The molecule has 2 N–H and O–H groups in total. The van der Waals surface area contributed by atoms with Crippen LogP contribution in [0.4, 0.5) is 5.69 Å². The Hall–Kier alpha value is -2.99. The highest BCUT2D eigenvalue weighted by Crippen LogP contribution is 2.22. The van der Waals surface area contributed by atoms with Crippen molar-refractivity contribution < 1.29 is 4.79 Å². The number of carbonyl (C=O) groups is 1. The molecule has 0 bridgehead atoms. The molecule has 0 unspecified atom stereocenters. The van der Waals surface area contributed by atoms with Crippen LogP contribution in [0.25, 0.3) is 10.7 Å². The van der Waals surface area contributed by atoms with Gasteiger partial charge < -0.3 is 5.32 Å². The monoisotopic (exact) mass is 422 g/mol. The van der Waals surface area contributed by atoms with E-state index in [2.05, 4.69) is 27.4 Å².